The first-order valence-corrected chi connectivity index (χ1v) is 9.08. The number of hydrogen-bond donors (Lipinski definition) is 1. The van der Waals surface area contributed by atoms with Gasteiger partial charge >= 0.3 is 0 Å². The van der Waals surface area contributed by atoms with Gasteiger partial charge in [0.25, 0.3) is 5.91 Å². The number of aromatic nitrogens is 1. The molecule has 3 rings (SSSR count). The second kappa shape index (κ2) is 7.09. The van der Waals surface area contributed by atoms with Gasteiger partial charge in [-0.25, -0.2) is 4.98 Å². The summed E-state index contributed by atoms with van der Waals surface area (Å²) in [6, 6.07) is 4.35. The lowest BCUT2D eigenvalue weighted by Gasteiger charge is -2.23. The summed E-state index contributed by atoms with van der Waals surface area (Å²) in [5, 5.41) is 3.66. The number of carbonyl (C=O) groups excluding carboxylic acids is 2. The summed E-state index contributed by atoms with van der Waals surface area (Å²) in [6.45, 7) is 2.35. The first-order valence-electron chi connectivity index (χ1n) is 7.44. The molecule has 1 aliphatic heterocycles. The number of benzene rings is 1. The van der Waals surface area contributed by atoms with Gasteiger partial charge in [-0.2, -0.15) is 0 Å². The van der Waals surface area contributed by atoms with Gasteiger partial charge in [0.05, 0.1) is 21.9 Å². The van der Waals surface area contributed by atoms with Crippen LogP contribution in [0, 0.1) is 6.92 Å². The van der Waals surface area contributed by atoms with Crippen LogP contribution >= 0.6 is 34.5 Å². The first-order chi connectivity index (χ1) is 11.5. The number of nitrogens with one attached hydrogen (secondary N) is 1. The first kappa shape index (κ1) is 17.2. The highest BCUT2D eigenvalue weighted by Crippen LogP contribution is 2.28. The number of likely N-dealkylation sites (tertiary alicyclic amines) is 1. The molecule has 8 heteroatoms. The standard InChI is InChI=1S/C16H15Cl2N3O2S/c1-9-14(24-8-19-9)16(23)21-6-2-3-13(21)15(22)20-12-7-10(17)4-5-11(12)18/h4-5,7-8,13H,2-3,6H2,1H3,(H,20,22). The molecule has 0 spiro atoms. The number of carbonyl (C=O) groups is 2. The Morgan fingerprint density at radius 3 is 2.88 bits per heavy atom. The van der Waals surface area contributed by atoms with Crippen molar-refractivity contribution < 1.29 is 9.59 Å². The van der Waals surface area contributed by atoms with Crippen molar-refractivity contribution in [2.45, 2.75) is 25.8 Å². The minimum Gasteiger partial charge on any atom is -0.326 e. The summed E-state index contributed by atoms with van der Waals surface area (Å²) in [7, 11) is 0. The number of nitrogens with zero attached hydrogens (tertiary/aromatic N) is 2. The van der Waals surface area contributed by atoms with E-state index >= 15 is 0 Å². The molecule has 1 unspecified atom stereocenters. The van der Waals surface area contributed by atoms with Crippen LogP contribution < -0.4 is 5.32 Å². The van der Waals surface area contributed by atoms with Gasteiger partial charge in [0.2, 0.25) is 5.91 Å². The molecule has 1 aromatic carbocycles. The maximum atomic E-state index is 12.7. The van der Waals surface area contributed by atoms with Crippen LogP contribution in [0.1, 0.15) is 28.2 Å². The Balaban J connectivity index is 1.78. The smallest absolute Gasteiger partial charge is 0.266 e. The average Bonchev–Trinajstić information content (AvgIpc) is 3.19. The third-order valence-electron chi connectivity index (χ3n) is 3.94. The van der Waals surface area contributed by atoms with E-state index in [-0.39, 0.29) is 11.8 Å². The quantitative estimate of drug-likeness (QED) is 0.870. The van der Waals surface area contributed by atoms with Crippen LogP contribution in [-0.4, -0.2) is 34.3 Å². The Hall–Kier alpha value is -1.63. The molecular weight excluding hydrogens is 369 g/mol. The second-order valence-electron chi connectivity index (χ2n) is 5.54. The molecule has 5 nitrogen and oxygen atoms in total. The van der Waals surface area contributed by atoms with E-state index in [0.717, 1.165) is 6.42 Å². The number of thiazole rings is 1. The largest absolute Gasteiger partial charge is 0.326 e. The molecule has 1 fully saturated rings. The average molecular weight is 384 g/mol. The summed E-state index contributed by atoms with van der Waals surface area (Å²) in [4.78, 5) is 31.6. The second-order valence-corrected chi connectivity index (χ2v) is 7.24. The molecule has 2 amide bonds. The van der Waals surface area contributed by atoms with Gasteiger partial charge in [-0.1, -0.05) is 23.2 Å². The maximum absolute atomic E-state index is 12.7. The number of hydrogen-bond acceptors (Lipinski definition) is 4. The number of amides is 2. The number of rotatable bonds is 3. The van der Waals surface area contributed by atoms with Gasteiger partial charge < -0.3 is 10.2 Å². The summed E-state index contributed by atoms with van der Waals surface area (Å²) in [5.74, 6) is -0.406. The third-order valence-corrected chi connectivity index (χ3v) is 5.42. The van der Waals surface area contributed by atoms with Crippen LogP contribution in [0.5, 0.6) is 0 Å². The summed E-state index contributed by atoms with van der Waals surface area (Å²) in [6.07, 6.45) is 1.40. The Kier molecular flexibility index (Phi) is 5.08. The highest BCUT2D eigenvalue weighted by molar-refractivity contribution is 7.11. The Bertz CT molecular complexity index is 793. The fourth-order valence-corrected chi connectivity index (χ4v) is 3.82. The molecule has 2 heterocycles. The lowest BCUT2D eigenvalue weighted by Crippen LogP contribution is -2.43. The highest BCUT2D eigenvalue weighted by atomic mass is 35.5. The minimum atomic E-state index is -0.519. The number of anilines is 1. The molecule has 0 radical (unpaired) electrons. The summed E-state index contributed by atoms with van der Waals surface area (Å²) in [5.41, 5.74) is 2.77. The zero-order chi connectivity index (χ0) is 17.3. The predicted octanol–water partition coefficient (Wildman–Crippen LogP) is 4.00. The molecule has 1 saturated heterocycles. The Labute approximate surface area is 153 Å². The summed E-state index contributed by atoms with van der Waals surface area (Å²) >= 11 is 13.3. The van der Waals surface area contributed by atoms with Crippen LogP contribution in [0.25, 0.3) is 0 Å². The minimum absolute atomic E-state index is 0.148. The van der Waals surface area contributed by atoms with Gasteiger partial charge in [0.1, 0.15) is 10.9 Å². The van der Waals surface area contributed by atoms with Crippen LogP contribution in [-0.2, 0) is 4.79 Å². The van der Waals surface area contributed by atoms with Crippen molar-refractivity contribution in [3.8, 4) is 0 Å². The Morgan fingerprint density at radius 2 is 2.17 bits per heavy atom. The van der Waals surface area contributed by atoms with E-state index in [1.807, 2.05) is 0 Å². The monoisotopic (exact) mass is 383 g/mol. The zero-order valence-corrected chi connectivity index (χ0v) is 15.2. The van der Waals surface area contributed by atoms with Crippen molar-refractivity contribution in [3.63, 3.8) is 0 Å². The molecule has 1 N–H and O–H groups in total. The normalized spacial score (nSPS) is 17.1. The molecular formula is C16H15Cl2N3O2S. The van der Waals surface area contributed by atoms with E-state index in [1.54, 1.807) is 35.5 Å². The van der Waals surface area contributed by atoms with Gasteiger partial charge in [0, 0.05) is 11.6 Å². The third kappa shape index (κ3) is 3.41. The van der Waals surface area contributed by atoms with Crippen LogP contribution in [0.4, 0.5) is 5.69 Å². The van der Waals surface area contributed by atoms with Gasteiger partial charge in [-0.3, -0.25) is 9.59 Å². The van der Waals surface area contributed by atoms with Crippen LogP contribution in [0.2, 0.25) is 10.0 Å². The molecule has 1 aromatic heterocycles. The van der Waals surface area contributed by atoms with Crippen LogP contribution in [0.3, 0.4) is 0 Å². The van der Waals surface area contributed by atoms with E-state index in [0.29, 0.717) is 39.3 Å². The molecule has 0 saturated carbocycles. The molecule has 1 aliphatic rings. The van der Waals surface area contributed by atoms with E-state index < -0.39 is 6.04 Å². The fraction of sp³-hybridized carbons (Fsp3) is 0.312. The topological polar surface area (TPSA) is 62.3 Å². The van der Waals surface area contributed by atoms with E-state index in [1.165, 1.54) is 11.3 Å². The van der Waals surface area contributed by atoms with Crippen molar-refractivity contribution in [1.29, 1.82) is 0 Å². The van der Waals surface area contributed by atoms with Crippen molar-refractivity contribution in [3.05, 3.63) is 44.3 Å². The van der Waals surface area contributed by atoms with Crippen molar-refractivity contribution >= 4 is 52.0 Å². The van der Waals surface area contributed by atoms with E-state index in [9.17, 15) is 9.59 Å². The lowest BCUT2D eigenvalue weighted by atomic mass is 10.2. The molecule has 0 bridgehead atoms. The van der Waals surface area contributed by atoms with Crippen molar-refractivity contribution in [1.82, 2.24) is 9.88 Å². The SMILES string of the molecule is Cc1ncsc1C(=O)N1CCCC1C(=O)Nc1cc(Cl)ccc1Cl. The van der Waals surface area contributed by atoms with Gasteiger partial charge in [-0.15, -0.1) is 11.3 Å². The Morgan fingerprint density at radius 1 is 1.38 bits per heavy atom. The lowest BCUT2D eigenvalue weighted by molar-refractivity contribution is -0.119. The van der Waals surface area contributed by atoms with Gasteiger partial charge in [0.15, 0.2) is 0 Å². The van der Waals surface area contributed by atoms with Gasteiger partial charge in [-0.05, 0) is 38.0 Å². The predicted molar refractivity (Wildman–Crippen MR) is 96.0 cm³/mol. The van der Waals surface area contributed by atoms with Crippen LogP contribution in [0.15, 0.2) is 23.7 Å². The number of aryl methyl sites for hydroxylation is 1. The molecule has 2 aromatic rings. The molecule has 24 heavy (non-hydrogen) atoms. The zero-order valence-electron chi connectivity index (χ0n) is 12.9. The number of halogens is 2. The molecule has 126 valence electrons. The summed E-state index contributed by atoms with van der Waals surface area (Å²) < 4.78 is 0. The maximum Gasteiger partial charge on any atom is 0.266 e. The fourth-order valence-electron chi connectivity index (χ4n) is 2.73. The molecule has 1 atom stereocenters. The van der Waals surface area contributed by atoms with Crippen molar-refractivity contribution in [2.75, 3.05) is 11.9 Å². The van der Waals surface area contributed by atoms with E-state index in [2.05, 4.69) is 10.3 Å². The molecule has 0 aliphatic carbocycles. The highest BCUT2D eigenvalue weighted by Gasteiger charge is 2.35. The van der Waals surface area contributed by atoms with Crippen molar-refractivity contribution in [2.24, 2.45) is 0 Å². The van der Waals surface area contributed by atoms with E-state index in [4.69, 9.17) is 23.2 Å².